The number of aliphatic imine (C=N–C) groups is 1. The Bertz CT molecular complexity index is 399. The second-order valence-electron chi connectivity index (χ2n) is 3.93. The first-order valence-electron chi connectivity index (χ1n) is 6.43. The van der Waals surface area contributed by atoms with Crippen LogP contribution in [0, 0.1) is 0 Å². The van der Waals surface area contributed by atoms with Gasteiger partial charge in [0, 0.05) is 23.3 Å². The fraction of sp³-hybridized carbons (Fsp3) is 0.500. The van der Waals surface area contributed by atoms with Gasteiger partial charge in [-0.05, 0) is 31.9 Å². The number of aryl methyl sites for hydroxylation is 1. The van der Waals surface area contributed by atoms with E-state index >= 15 is 0 Å². The maximum absolute atomic E-state index is 4.20. The van der Waals surface area contributed by atoms with Crippen LogP contribution in [-0.2, 0) is 13.0 Å². The molecule has 0 saturated heterocycles. The molecule has 0 atom stereocenters. The third-order valence-electron chi connectivity index (χ3n) is 2.56. The summed E-state index contributed by atoms with van der Waals surface area (Å²) in [6, 6.07) is 4.38. The lowest BCUT2D eigenvalue weighted by atomic mass is 10.3. The predicted octanol–water partition coefficient (Wildman–Crippen LogP) is 3.56. The van der Waals surface area contributed by atoms with Crippen LogP contribution in [0.3, 0.4) is 0 Å². The first-order chi connectivity index (χ1) is 8.80. The number of thiophene rings is 1. The first kappa shape index (κ1) is 18.4. The van der Waals surface area contributed by atoms with Crippen molar-refractivity contribution in [1.82, 2.24) is 10.6 Å². The Morgan fingerprint density at radius 1 is 1.32 bits per heavy atom. The van der Waals surface area contributed by atoms with E-state index in [0.717, 1.165) is 31.9 Å². The molecule has 108 valence electrons. The van der Waals surface area contributed by atoms with Crippen LogP contribution in [-0.4, -0.2) is 19.6 Å². The van der Waals surface area contributed by atoms with E-state index in [9.17, 15) is 0 Å². The van der Waals surface area contributed by atoms with Gasteiger partial charge in [0.15, 0.2) is 5.96 Å². The molecule has 0 aliphatic heterocycles. The van der Waals surface area contributed by atoms with E-state index in [-0.39, 0.29) is 24.0 Å². The summed E-state index contributed by atoms with van der Waals surface area (Å²) in [5.41, 5.74) is 0. The van der Waals surface area contributed by atoms with Gasteiger partial charge >= 0.3 is 0 Å². The maximum Gasteiger partial charge on any atom is 0.191 e. The summed E-state index contributed by atoms with van der Waals surface area (Å²) in [5, 5.41) is 6.61. The van der Waals surface area contributed by atoms with Crippen LogP contribution < -0.4 is 10.6 Å². The van der Waals surface area contributed by atoms with Gasteiger partial charge in [-0.3, -0.25) is 4.99 Å². The normalized spacial score (nSPS) is 11.4. The van der Waals surface area contributed by atoms with Crippen molar-refractivity contribution in [3.8, 4) is 0 Å². The molecule has 0 unspecified atom stereocenters. The number of rotatable bonds is 6. The molecule has 0 aromatic carbocycles. The fourth-order valence-electron chi connectivity index (χ4n) is 1.54. The van der Waals surface area contributed by atoms with E-state index in [0.29, 0.717) is 0 Å². The Morgan fingerprint density at radius 3 is 2.63 bits per heavy atom. The van der Waals surface area contributed by atoms with Crippen molar-refractivity contribution in [2.24, 2.45) is 4.99 Å². The van der Waals surface area contributed by atoms with E-state index in [1.54, 1.807) is 7.05 Å². The van der Waals surface area contributed by atoms with E-state index in [4.69, 9.17) is 0 Å². The Labute approximate surface area is 137 Å². The van der Waals surface area contributed by atoms with Gasteiger partial charge in [-0.1, -0.05) is 19.1 Å². The highest BCUT2D eigenvalue weighted by Gasteiger charge is 2.00. The molecular weight excluding hydrogens is 369 g/mol. The van der Waals surface area contributed by atoms with Gasteiger partial charge in [0.25, 0.3) is 0 Å². The molecule has 0 saturated carbocycles. The van der Waals surface area contributed by atoms with Crippen LogP contribution in [0.4, 0.5) is 0 Å². The van der Waals surface area contributed by atoms with Gasteiger partial charge in [0.1, 0.15) is 0 Å². The number of nitrogens with zero attached hydrogens (tertiary/aromatic N) is 1. The standard InChI is InChI=1S/C14H23N3S.HI/c1-4-6-7-10-16-14(15-3)17-11-13-9-8-12(5-2)18-13;/h4,6,8-9H,5,7,10-11H2,1-3H3,(H2,15,16,17);1H/b6-4+;. The maximum atomic E-state index is 4.20. The molecule has 0 radical (unpaired) electrons. The fourth-order valence-corrected chi connectivity index (χ4v) is 2.44. The average Bonchev–Trinajstić information content (AvgIpc) is 2.86. The van der Waals surface area contributed by atoms with Crippen LogP contribution in [0.1, 0.15) is 30.0 Å². The molecule has 0 bridgehead atoms. The lowest BCUT2D eigenvalue weighted by Crippen LogP contribution is -2.37. The van der Waals surface area contributed by atoms with Crippen molar-refractivity contribution in [2.75, 3.05) is 13.6 Å². The van der Waals surface area contributed by atoms with Gasteiger partial charge in [-0.15, -0.1) is 35.3 Å². The third kappa shape index (κ3) is 7.57. The predicted molar refractivity (Wildman–Crippen MR) is 96.7 cm³/mol. The van der Waals surface area contributed by atoms with Crippen LogP contribution in [0.15, 0.2) is 29.3 Å². The zero-order valence-electron chi connectivity index (χ0n) is 11.9. The van der Waals surface area contributed by atoms with Crippen molar-refractivity contribution in [1.29, 1.82) is 0 Å². The zero-order chi connectivity index (χ0) is 13.2. The Morgan fingerprint density at radius 2 is 2.05 bits per heavy atom. The van der Waals surface area contributed by atoms with Gasteiger partial charge in [-0.25, -0.2) is 0 Å². The van der Waals surface area contributed by atoms with Gasteiger partial charge < -0.3 is 10.6 Å². The highest BCUT2D eigenvalue weighted by Crippen LogP contribution is 2.16. The van der Waals surface area contributed by atoms with E-state index in [1.165, 1.54) is 9.75 Å². The summed E-state index contributed by atoms with van der Waals surface area (Å²) in [6.45, 7) is 5.97. The summed E-state index contributed by atoms with van der Waals surface area (Å²) < 4.78 is 0. The van der Waals surface area contributed by atoms with Gasteiger partial charge in [0.2, 0.25) is 0 Å². The smallest absolute Gasteiger partial charge is 0.191 e. The summed E-state index contributed by atoms with van der Waals surface area (Å²) in [4.78, 5) is 6.99. The summed E-state index contributed by atoms with van der Waals surface area (Å²) >= 11 is 1.86. The molecular formula is C14H24IN3S. The monoisotopic (exact) mass is 393 g/mol. The Hall–Kier alpha value is -0.560. The lowest BCUT2D eigenvalue weighted by Gasteiger charge is -2.10. The molecule has 0 fully saturated rings. The quantitative estimate of drug-likeness (QED) is 0.255. The van der Waals surface area contributed by atoms with E-state index in [2.05, 4.69) is 46.8 Å². The molecule has 0 spiro atoms. The summed E-state index contributed by atoms with van der Waals surface area (Å²) in [5.74, 6) is 0.867. The van der Waals surface area contributed by atoms with Crippen molar-refractivity contribution in [3.63, 3.8) is 0 Å². The third-order valence-corrected chi connectivity index (χ3v) is 3.79. The minimum atomic E-state index is 0. The highest BCUT2D eigenvalue weighted by atomic mass is 127. The number of allylic oxidation sites excluding steroid dienone is 1. The Balaban J connectivity index is 0.00000324. The van der Waals surface area contributed by atoms with Crippen molar-refractivity contribution in [2.45, 2.75) is 33.2 Å². The van der Waals surface area contributed by atoms with Crippen LogP contribution in [0.25, 0.3) is 0 Å². The van der Waals surface area contributed by atoms with Crippen molar-refractivity contribution >= 4 is 41.3 Å². The first-order valence-corrected chi connectivity index (χ1v) is 7.25. The molecule has 1 aromatic heterocycles. The lowest BCUT2D eigenvalue weighted by molar-refractivity contribution is 0.809. The van der Waals surface area contributed by atoms with Gasteiger partial charge in [0.05, 0.1) is 6.54 Å². The molecule has 1 heterocycles. The van der Waals surface area contributed by atoms with E-state index in [1.807, 2.05) is 18.3 Å². The number of guanidine groups is 1. The van der Waals surface area contributed by atoms with Crippen LogP contribution >= 0.6 is 35.3 Å². The molecule has 5 heteroatoms. The van der Waals surface area contributed by atoms with E-state index < -0.39 is 0 Å². The molecule has 0 aliphatic rings. The van der Waals surface area contributed by atoms with Crippen molar-refractivity contribution < 1.29 is 0 Å². The van der Waals surface area contributed by atoms with Crippen molar-refractivity contribution in [3.05, 3.63) is 34.0 Å². The molecule has 3 nitrogen and oxygen atoms in total. The molecule has 1 rings (SSSR count). The molecule has 19 heavy (non-hydrogen) atoms. The second kappa shape index (κ2) is 11.3. The SMILES string of the molecule is C/C=C/CCNC(=NC)NCc1ccc(CC)s1.I. The summed E-state index contributed by atoms with van der Waals surface area (Å²) in [6.07, 6.45) is 6.35. The zero-order valence-corrected chi connectivity index (χ0v) is 15.0. The molecule has 0 amide bonds. The molecule has 1 aromatic rings. The summed E-state index contributed by atoms with van der Waals surface area (Å²) in [7, 11) is 1.80. The Kier molecular flexibility index (Phi) is 10.9. The molecule has 2 N–H and O–H groups in total. The number of nitrogens with one attached hydrogen (secondary N) is 2. The number of hydrogen-bond acceptors (Lipinski definition) is 2. The minimum absolute atomic E-state index is 0. The second-order valence-corrected chi connectivity index (χ2v) is 5.18. The van der Waals surface area contributed by atoms with Crippen LogP contribution in [0.5, 0.6) is 0 Å². The number of hydrogen-bond donors (Lipinski definition) is 2. The highest BCUT2D eigenvalue weighted by molar-refractivity contribution is 14.0. The van der Waals surface area contributed by atoms with Gasteiger partial charge in [-0.2, -0.15) is 0 Å². The topological polar surface area (TPSA) is 36.4 Å². The largest absolute Gasteiger partial charge is 0.356 e. The molecule has 0 aliphatic carbocycles. The average molecular weight is 393 g/mol. The minimum Gasteiger partial charge on any atom is -0.356 e. The number of halogens is 1. The van der Waals surface area contributed by atoms with Crippen LogP contribution in [0.2, 0.25) is 0 Å².